The molecular formula is C19H18N2O2. The van der Waals surface area contributed by atoms with Gasteiger partial charge in [0.05, 0.1) is 25.0 Å². The molecule has 0 spiro atoms. The lowest BCUT2D eigenvalue weighted by Gasteiger charge is -2.07. The third-order valence-electron chi connectivity index (χ3n) is 3.22. The molecule has 4 nitrogen and oxygen atoms in total. The molecule has 0 fully saturated rings. The second kappa shape index (κ2) is 9.12. The van der Waals surface area contributed by atoms with Gasteiger partial charge in [-0.05, 0) is 41.8 Å². The molecule has 0 aromatic heterocycles. The van der Waals surface area contributed by atoms with E-state index in [1.54, 1.807) is 0 Å². The molecule has 2 rings (SSSR count). The summed E-state index contributed by atoms with van der Waals surface area (Å²) < 4.78 is 10.9. The van der Waals surface area contributed by atoms with E-state index < -0.39 is 0 Å². The van der Waals surface area contributed by atoms with Crippen molar-refractivity contribution in [2.45, 2.75) is 19.3 Å². The highest BCUT2D eigenvalue weighted by Crippen LogP contribution is 2.18. The molecule has 0 unspecified atom stereocenters. The molecule has 0 amide bonds. The fraction of sp³-hybridized carbons (Fsp3) is 0.263. The molecule has 0 aliphatic carbocycles. The van der Waals surface area contributed by atoms with Crippen LogP contribution in [0, 0.1) is 22.7 Å². The zero-order valence-electron chi connectivity index (χ0n) is 12.9. The van der Waals surface area contributed by atoms with Crippen LogP contribution < -0.4 is 9.47 Å². The highest BCUT2D eigenvalue weighted by Gasteiger charge is 2.00. The lowest BCUT2D eigenvalue weighted by Crippen LogP contribution is -1.97. The van der Waals surface area contributed by atoms with Crippen molar-refractivity contribution >= 4 is 0 Å². The van der Waals surface area contributed by atoms with Crippen LogP contribution in [0.15, 0.2) is 48.5 Å². The van der Waals surface area contributed by atoms with Crippen LogP contribution >= 0.6 is 0 Å². The number of nitriles is 2. The number of ether oxygens (including phenoxy) is 2. The summed E-state index contributed by atoms with van der Waals surface area (Å²) >= 11 is 0. The highest BCUT2D eigenvalue weighted by atomic mass is 16.5. The average Bonchev–Trinajstić information content (AvgIpc) is 2.58. The Morgan fingerprint density at radius 1 is 0.652 bits per heavy atom. The quantitative estimate of drug-likeness (QED) is 0.694. The van der Waals surface area contributed by atoms with E-state index in [9.17, 15) is 0 Å². The van der Waals surface area contributed by atoms with Crippen LogP contribution in [0.1, 0.15) is 24.0 Å². The summed E-state index contributed by atoms with van der Waals surface area (Å²) in [4.78, 5) is 0. The van der Waals surface area contributed by atoms with Crippen molar-refractivity contribution in [2.24, 2.45) is 0 Å². The zero-order chi connectivity index (χ0) is 16.3. The summed E-state index contributed by atoms with van der Waals surface area (Å²) in [6, 6.07) is 19.9. The zero-order valence-corrected chi connectivity index (χ0v) is 12.9. The van der Waals surface area contributed by atoms with Crippen molar-refractivity contribution in [3.05, 3.63) is 59.7 Å². The van der Waals surface area contributed by atoms with Gasteiger partial charge in [-0.1, -0.05) is 24.3 Å². The summed E-state index contributed by atoms with van der Waals surface area (Å²) in [5.74, 6) is 1.57. The van der Waals surface area contributed by atoms with Crippen LogP contribution in [-0.2, 0) is 6.42 Å². The number of hydrogen-bond donors (Lipinski definition) is 0. The molecule has 0 saturated heterocycles. The second-order valence-electron chi connectivity index (χ2n) is 4.98. The van der Waals surface area contributed by atoms with Crippen LogP contribution in [0.4, 0.5) is 0 Å². The molecule has 0 N–H and O–H groups in total. The molecular weight excluding hydrogens is 288 g/mol. The van der Waals surface area contributed by atoms with Gasteiger partial charge in [0.2, 0.25) is 0 Å². The van der Waals surface area contributed by atoms with E-state index in [2.05, 4.69) is 12.1 Å². The van der Waals surface area contributed by atoms with Crippen LogP contribution in [0.25, 0.3) is 0 Å². The van der Waals surface area contributed by atoms with E-state index >= 15 is 0 Å². The Kier molecular flexibility index (Phi) is 6.50. The smallest absolute Gasteiger partial charge is 0.119 e. The van der Waals surface area contributed by atoms with Crippen LogP contribution in [0.5, 0.6) is 11.5 Å². The van der Waals surface area contributed by atoms with Crippen molar-refractivity contribution in [3.63, 3.8) is 0 Å². The van der Waals surface area contributed by atoms with Crippen LogP contribution in [-0.4, -0.2) is 13.2 Å². The van der Waals surface area contributed by atoms with Gasteiger partial charge in [-0.25, -0.2) is 0 Å². The molecule has 0 bridgehead atoms. The summed E-state index contributed by atoms with van der Waals surface area (Å²) in [5.41, 5.74) is 2.38. The van der Waals surface area contributed by atoms with E-state index in [0.29, 0.717) is 26.1 Å². The predicted molar refractivity (Wildman–Crippen MR) is 87.1 cm³/mol. The number of benzene rings is 2. The summed E-state index contributed by atoms with van der Waals surface area (Å²) in [5, 5.41) is 17.0. The SMILES string of the molecule is N#CCCOc1ccc(Cc2ccc(OCCC#N)cc2)cc1. The first-order valence-electron chi connectivity index (χ1n) is 7.49. The summed E-state index contributed by atoms with van der Waals surface area (Å²) in [6.07, 6.45) is 1.62. The maximum atomic E-state index is 8.48. The summed E-state index contributed by atoms with van der Waals surface area (Å²) in [6.45, 7) is 0.840. The maximum absolute atomic E-state index is 8.48. The van der Waals surface area contributed by atoms with Gasteiger partial charge in [-0.15, -0.1) is 0 Å². The first kappa shape index (κ1) is 16.4. The number of rotatable bonds is 8. The Morgan fingerprint density at radius 3 is 1.39 bits per heavy atom. The average molecular weight is 306 g/mol. The largest absolute Gasteiger partial charge is 0.493 e. The number of nitrogens with zero attached hydrogens (tertiary/aromatic N) is 2. The molecule has 0 saturated carbocycles. The maximum Gasteiger partial charge on any atom is 0.119 e. The van der Waals surface area contributed by atoms with Gasteiger partial charge >= 0.3 is 0 Å². The van der Waals surface area contributed by atoms with Gasteiger partial charge in [0.25, 0.3) is 0 Å². The van der Waals surface area contributed by atoms with Gasteiger partial charge in [-0.3, -0.25) is 0 Å². The highest BCUT2D eigenvalue weighted by molar-refractivity contribution is 5.34. The minimum atomic E-state index is 0.393. The van der Waals surface area contributed by atoms with Crippen LogP contribution in [0.3, 0.4) is 0 Å². The lowest BCUT2D eigenvalue weighted by molar-refractivity contribution is 0.326. The fourth-order valence-corrected chi connectivity index (χ4v) is 2.07. The standard InChI is InChI=1S/C19H18N2O2/c20-11-1-13-22-18-7-3-16(4-8-18)15-17-5-9-19(10-6-17)23-14-2-12-21/h3-10H,1-2,13-15H2. The summed E-state index contributed by atoms with van der Waals surface area (Å²) in [7, 11) is 0. The minimum absolute atomic E-state index is 0.393. The van der Waals surface area contributed by atoms with Gasteiger partial charge < -0.3 is 9.47 Å². The lowest BCUT2D eigenvalue weighted by atomic mass is 10.0. The van der Waals surface area contributed by atoms with E-state index in [1.165, 1.54) is 11.1 Å². The van der Waals surface area contributed by atoms with Crippen molar-refractivity contribution in [1.82, 2.24) is 0 Å². The van der Waals surface area contributed by atoms with Gasteiger partial charge in [0.15, 0.2) is 0 Å². The van der Waals surface area contributed by atoms with Crippen molar-refractivity contribution in [2.75, 3.05) is 13.2 Å². The second-order valence-corrected chi connectivity index (χ2v) is 4.98. The van der Waals surface area contributed by atoms with E-state index in [-0.39, 0.29) is 0 Å². The predicted octanol–water partition coefficient (Wildman–Crippen LogP) is 3.86. The van der Waals surface area contributed by atoms with Crippen molar-refractivity contribution < 1.29 is 9.47 Å². The van der Waals surface area contributed by atoms with E-state index in [1.807, 2.05) is 48.5 Å². The minimum Gasteiger partial charge on any atom is -0.493 e. The molecule has 0 heterocycles. The van der Waals surface area contributed by atoms with Crippen LogP contribution in [0.2, 0.25) is 0 Å². The van der Waals surface area contributed by atoms with Gasteiger partial charge in [-0.2, -0.15) is 10.5 Å². The first-order chi connectivity index (χ1) is 11.3. The van der Waals surface area contributed by atoms with Gasteiger partial charge in [0, 0.05) is 0 Å². The molecule has 116 valence electrons. The Balaban J connectivity index is 1.86. The molecule has 23 heavy (non-hydrogen) atoms. The Labute approximate surface area is 136 Å². The molecule has 0 radical (unpaired) electrons. The van der Waals surface area contributed by atoms with E-state index in [0.717, 1.165) is 17.9 Å². The molecule has 0 aliphatic rings. The third kappa shape index (κ3) is 5.73. The first-order valence-corrected chi connectivity index (χ1v) is 7.49. The van der Waals surface area contributed by atoms with E-state index in [4.69, 9.17) is 20.0 Å². The Morgan fingerprint density at radius 2 is 1.04 bits per heavy atom. The Hall–Kier alpha value is -2.98. The normalized spacial score (nSPS) is 9.65. The molecule has 2 aromatic carbocycles. The Bertz CT molecular complexity index is 618. The molecule has 0 atom stereocenters. The monoisotopic (exact) mass is 306 g/mol. The molecule has 4 heteroatoms. The topological polar surface area (TPSA) is 66.0 Å². The van der Waals surface area contributed by atoms with Crippen molar-refractivity contribution in [3.8, 4) is 23.6 Å². The third-order valence-corrected chi connectivity index (χ3v) is 3.22. The number of hydrogen-bond acceptors (Lipinski definition) is 4. The van der Waals surface area contributed by atoms with Crippen molar-refractivity contribution in [1.29, 1.82) is 10.5 Å². The fourth-order valence-electron chi connectivity index (χ4n) is 2.07. The molecule has 0 aliphatic heterocycles. The molecule has 2 aromatic rings. The van der Waals surface area contributed by atoms with Gasteiger partial charge in [0.1, 0.15) is 24.7 Å².